The van der Waals surface area contributed by atoms with Gasteiger partial charge in [0, 0.05) is 6.20 Å². The van der Waals surface area contributed by atoms with Crippen molar-refractivity contribution in [3.05, 3.63) is 24.4 Å². The van der Waals surface area contributed by atoms with E-state index in [4.69, 9.17) is 5.73 Å². The fourth-order valence-electron chi connectivity index (χ4n) is 0.735. The molecule has 14 heavy (non-hydrogen) atoms. The van der Waals surface area contributed by atoms with Crippen LogP contribution in [-0.2, 0) is 0 Å². The average molecular weight is 198 g/mol. The van der Waals surface area contributed by atoms with Gasteiger partial charge in [0.2, 0.25) is 0 Å². The van der Waals surface area contributed by atoms with Crippen molar-refractivity contribution >= 4 is 5.71 Å². The van der Waals surface area contributed by atoms with Crippen LogP contribution < -0.4 is 5.73 Å². The first-order valence-electron chi connectivity index (χ1n) is 4.64. The Morgan fingerprint density at radius 2 is 2.07 bits per heavy atom. The molecule has 0 bridgehead atoms. The third kappa shape index (κ3) is 4.33. The van der Waals surface area contributed by atoms with Crippen molar-refractivity contribution in [1.29, 1.82) is 0 Å². The summed E-state index contributed by atoms with van der Waals surface area (Å²) in [6.07, 6.45) is 3.32. The van der Waals surface area contributed by atoms with E-state index in [-0.39, 0.29) is 5.71 Å². The van der Waals surface area contributed by atoms with Crippen molar-refractivity contribution in [3.8, 4) is 0 Å². The molecule has 0 amide bonds. The van der Waals surface area contributed by atoms with Crippen LogP contribution in [0.1, 0.15) is 27.7 Å². The fraction of sp³-hybridized carbons (Fsp3) is 0.545. The van der Waals surface area contributed by atoms with Gasteiger partial charge in [0.25, 0.3) is 0 Å². The van der Waals surface area contributed by atoms with Gasteiger partial charge < -0.3 is 0 Å². The lowest BCUT2D eigenvalue weighted by Crippen LogP contribution is -2.38. The van der Waals surface area contributed by atoms with E-state index >= 15 is 0 Å². The van der Waals surface area contributed by atoms with E-state index in [1.165, 1.54) is 6.92 Å². The maximum atomic E-state index is 13.1. The standard InChI is InChI=1S/C11H19FN2/c1-6-10(8(2)3)7-14-9(4)11(5,12)13/h6-8H,1,13H2,2-5H3/b10-7+,14-9+. The Bertz CT molecular complexity index is 257. The van der Waals surface area contributed by atoms with Crippen LogP contribution in [-0.4, -0.2) is 11.5 Å². The van der Waals surface area contributed by atoms with Gasteiger partial charge in [-0.15, -0.1) is 0 Å². The molecule has 0 saturated heterocycles. The summed E-state index contributed by atoms with van der Waals surface area (Å²) in [4.78, 5) is 3.97. The van der Waals surface area contributed by atoms with Gasteiger partial charge in [-0.25, -0.2) is 4.39 Å². The molecule has 0 radical (unpaired) electrons. The minimum absolute atomic E-state index is 0.262. The lowest BCUT2D eigenvalue weighted by Gasteiger charge is -2.13. The van der Waals surface area contributed by atoms with Crippen LogP contribution in [0.15, 0.2) is 29.4 Å². The monoisotopic (exact) mass is 198 g/mol. The number of hydrogen-bond acceptors (Lipinski definition) is 2. The zero-order valence-corrected chi connectivity index (χ0v) is 9.34. The average Bonchev–Trinajstić information content (AvgIpc) is 2.02. The molecule has 0 saturated carbocycles. The van der Waals surface area contributed by atoms with E-state index in [9.17, 15) is 4.39 Å². The minimum atomic E-state index is -1.85. The molecule has 0 heterocycles. The summed E-state index contributed by atoms with van der Waals surface area (Å²) >= 11 is 0. The number of aliphatic imine (C=N–C) groups is 1. The van der Waals surface area contributed by atoms with Gasteiger partial charge in [0.15, 0.2) is 5.79 Å². The van der Waals surface area contributed by atoms with E-state index in [1.807, 2.05) is 13.8 Å². The number of allylic oxidation sites excluding steroid dienone is 2. The first kappa shape index (κ1) is 13.0. The summed E-state index contributed by atoms with van der Waals surface area (Å²) in [5.74, 6) is -1.52. The van der Waals surface area contributed by atoms with Gasteiger partial charge in [-0.3, -0.25) is 10.7 Å². The second-order valence-corrected chi connectivity index (χ2v) is 3.78. The fourth-order valence-corrected chi connectivity index (χ4v) is 0.735. The van der Waals surface area contributed by atoms with E-state index in [1.54, 1.807) is 19.2 Å². The number of hydrogen-bond donors (Lipinski definition) is 1. The molecule has 80 valence electrons. The Balaban J connectivity index is 4.76. The number of nitrogens with two attached hydrogens (primary N) is 1. The summed E-state index contributed by atoms with van der Waals surface area (Å²) in [5, 5.41) is 0. The maximum absolute atomic E-state index is 13.1. The Morgan fingerprint density at radius 3 is 2.36 bits per heavy atom. The molecule has 0 rings (SSSR count). The predicted molar refractivity (Wildman–Crippen MR) is 59.9 cm³/mol. The molecule has 0 spiro atoms. The Kier molecular flexibility index (Phi) is 4.71. The smallest absolute Gasteiger partial charge is 0.194 e. The highest BCUT2D eigenvalue weighted by Gasteiger charge is 2.19. The maximum Gasteiger partial charge on any atom is 0.194 e. The molecule has 0 aromatic rings. The van der Waals surface area contributed by atoms with E-state index in [2.05, 4.69) is 11.6 Å². The van der Waals surface area contributed by atoms with Crippen LogP contribution in [0.25, 0.3) is 0 Å². The quantitative estimate of drug-likeness (QED) is 0.421. The molecule has 1 unspecified atom stereocenters. The minimum Gasteiger partial charge on any atom is -0.295 e. The molecule has 2 N–H and O–H groups in total. The summed E-state index contributed by atoms with van der Waals surface area (Å²) in [7, 11) is 0. The molecule has 0 aliphatic rings. The number of nitrogens with zero attached hydrogens (tertiary/aromatic N) is 1. The molecule has 0 aliphatic carbocycles. The lowest BCUT2D eigenvalue weighted by molar-refractivity contribution is 0.294. The molecule has 3 heteroatoms. The molecular formula is C11H19FN2. The number of halogens is 1. The Hall–Kier alpha value is -0.960. The highest BCUT2D eigenvalue weighted by Crippen LogP contribution is 2.11. The summed E-state index contributed by atoms with van der Waals surface area (Å²) in [6.45, 7) is 10.6. The lowest BCUT2D eigenvalue weighted by atomic mass is 10.1. The third-order valence-corrected chi connectivity index (χ3v) is 2.02. The summed E-state index contributed by atoms with van der Waals surface area (Å²) in [6, 6.07) is 0. The van der Waals surface area contributed by atoms with E-state index < -0.39 is 5.79 Å². The predicted octanol–water partition coefficient (Wildman–Crippen LogP) is 2.82. The van der Waals surface area contributed by atoms with Gasteiger partial charge in [0.05, 0.1) is 5.71 Å². The molecular weight excluding hydrogens is 179 g/mol. The first-order chi connectivity index (χ1) is 6.29. The highest BCUT2D eigenvalue weighted by atomic mass is 19.1. The number of alkyl halides is 1. The zero-order valence-electron chi connectivity index (χ0n) is 9.34. The van der Waals surface area contributed by atoms with Crippen LogP contribution in [0.3, 0.4) is 0 Å². The van der Waals surface area contributed by atoms with Crippen molar-refractivity contribution < 1.29 is 4.39 Å². The van der Waals surface area contributed by atoms with Crippen LogP contribution >= 0.6 is 0 Å². The Labute approximate surface area is 85.4 Å². The second kappa shape index (κ2) is 5.05. The molecule has 0 aromatic carbocycles. The van der Waals surface area contributed by atoms with Crippen molar-refractivity contribution in [1.82, 2.24) is 0 Å². The SMILES string of the molecule is C=C/C(=C\N=C(/C)C(C)(N)F)C(C)C. The third-order valence-electron chi connectivity index (χ3n) is 2.02. The molecule has 0 aliphatic heterocycles. The van der Waals surface area contributed by atoms with Crippen LogP contribution in [0, 0.1) is 5.92 Å². The number of rotatable bonds is 4. The van der Waals surface area contributed by atoms with Crippen LogP contribution in [0.2, 0.25) is 0 Å². The van der Waals surface area contributed by atoms with Gasteiger partial charge in [-0.05, 0) is 25.3 Å². The van der Waals surface area contributed by atoms with Crippen molar-refractivity contribution in [2.45, 2.75) is 33.5 Å². The Morgan fingerprint density at radius 1 is 1.57 bits per heavy atom. The topological polar surface area (TPSA) is 38.4 Å². The zero-order chi connectivity index (χ0) is 11.4. The van der Waals surface area contributed by atoms with Gasteiger partial charge in [-0.1, -0.05) is 26.5 Å². The van der Waals surface area contributed by atoms with Crippen LogP contribution in [0.4, 0.5) is 4.39 Å². The van der Waals surface area contributed by atoms with Crippen molar-refractivity contribution in [2.75, 3.05) is 0 Å². The van der Waals surface area contributed by atoms with Crippen molar-refractivity contribution in [3.63, 3.8) is 0 Å². The van der Waals surface area contributed by atoms with Crippen LogP contribution in [0.5, 0.6) is 0 Å². The largest absolute Gasteiger partial charge is 0.295 e. The van der Waals surface area contributed by atoms with Crippen molar-refractivity contribution in [2.24, 2.45) is 16.6 Å². The van der Waals surface area contributed by atoms with Gasteiger partial charge >= 0.3 is 0 Å². The summed E-state index contributed by atoms with van der Waals surface area (Å²) < 4.78 is 13.1. The first-order valence-corrected chi connectivity index (χ1v) is 4.64. The van der Waals surface area contributed by atoms with Gasteiger partial charge in [0.1, 0.15) is 0 Å². The molecule has 2 nitrogen and oxygen atoms in total. The molecule has 0 fully saturated rings. The van der Waals surface area contributed by atoms with E-state index in [0.29, 0.717) is 5.92 Å². The highest BCUT2D eigenvalue weighted by molar-refractivity contribution is 5.89. The van der Waals surface area contributed by atoms with E-state index in [0.717, 1.165) is 5.57 Å². The van der Waals surface area contributed by atoms with Gasteiger partial charge in [-0.2, -0.15) is 0 Å². The second-order valence-electron chi connectivity index (χ2n) is 3.78. The summed E-state index contributed by atoms with van der Waals surface area (Å²) in [5.41, 5.74) is 6.46. The molecule has 0 aromatic heterocycles. The molecule has 1 atom stereocenters. The normalized spacial score (nSPS) is 18.2.